The van der Waals surface area contributed by atoms with Crippen molar-refractivity contribution in [1.82, 2.24) is 0 Å². The molecule has 172 valence electrons. The third-order valence-electron chi connectivity index (χ3n) is 5.64. The van der Waals surface area contributed by atoms with Crippen LogP contribution in [0.3, 0.4) is 0 Å². The van der Waals surface area contributed by atoms with Crippen LogP contribution >= 0.6 is 0 Å². The summed E-state index contributed by atoms with van der Waals surface area (Å²) >= 11 is 0. The summed E-state index contributed by atoms with van der Waals surface area (Å²) in [5.41, 5.74) is 9.75. The molecule has 0 aliphatic rings. The standard InChI is InChI=1S/C29H28N2O3/c1-19-7-14-26(20(2)15-19)29(33)34-18-21-8-10-23(11-9-21)27(17-30)28(32)31-25-13-12-22-5-3-4-6-24(22)16-25/h3-16,27H,17-18,30H2,1-2H3,(H,31,32)/t27-/m1/s1/i5D,17D2. The summed E-state index contributed by atoms with van der Waals surface area (Å²) in [6, 6.07) is 22.9. The Labute approximate surface area is 203 Å². The van der Waals surface area contributed by atoms with Crippen LogP contribution in [0.5, 0.6) is 0 Å². The molecule has 0 saturated heterocycles. The Kier molecular flexibility index (Phi) is 5.92. The topological polar surface area (TPSA) is 81.4 Å². The van der Waals surface area contributed by atoms with Crippen LogP contribution < -0.4 is 11.1 Å². The van der Waals surface area contributed by atoms with Crippen LogP contribution in [0.1, 0.15) is 42.6 Å². The highest BCUT2D eigenvalue weighted by atomic mass is 16.5. The molecule has 4 aromatic rings. The van der Waals surface area contributed by atoms with Crippen molar-refractivity contribution in [3.8, 4) is 0 Å². The molecule has 0 unspecified atom stereocenters. The molecule has 1 amide bonds. The maximum atomic E-state index is 13.1. The summed E-state index contributed by atoms with van der Waals surface area (Å²) in [5.74, 6) is -2.30. The number of fused-ring (bicyclic) bond motifs is 1. The fourth-order valence-corrected chi connectivity index (χ4v) is 3.81. The van der Waals surface area contributed by atoms with E-state index in [0.717, 1.165) is 21.9 Å². The van der Waals surface area contributed by atoms with Gasteiger partial charge in [0.1, 0.15) is 6.61 Å². The Balaban J connectivity index is 1.47. The zero-order chi connectivity index (χ0) is 26.7. The highest BCUT2D eigenvalue weighted by Gasteiger charge is 2.19. The molecular weight excluding hydrogens is 424 g/mol. The van der Waals surface area contributed by atoms with Gasteiger partial charge in [0.25, 0.3) is 0 Å². The minimum atomic E-state index is -2.33. The molecule has 0 aliphatic heterocycles. The van der Waals surface area contributed by atoms with Gasteiger partial charge in [-0.05, 0) is 59.5 Å². The molecule has 0 radical (unpaired) electrons. The second kappa shape index (κ2) is 10.3. The van der Waals surface area contributed by atoms with E-state index in [9.17, 15) is 9.59 Å². The number of rotatable bonds is 7. The molecular formula is C29H28N2O3. The highest BCUT2D eigenvalue weighted by molar-refractivity contribution is 5.98. The predicted octanol–water partition coefficient (Wildman–Crippen LogP) is 5.49. The molecule has 0 aliphatic carbocycles. The van der Waals surface area contributed by atoms with Crippen LogP contribution in [0.15, 0.2) is 84.9 Å². The van der Waals surface area contributed by atoms with Gasteiger partial charge in [0.15, 0.2) is 0 Å². The second-order valence-corrected chi connectivity index (χ2v) is 8.20. The molecule has 1 atom stereocenters. The van der Waals surface area contributed by atoms with Gasteiger partial charge in [0.2, 0.25) is 5.91 Å². The lowest BCUT2D eigenvalue weighted by Gasteiger charge is -2.16. The van der Waals surface area contributed by atoms with Crippen molar-refractivity contribution in [3.63, 3.8) is 0 Å². The van der Waals surface area contributed by atoms with Crippen molar-refractivity contribution < 1.29 is 18.4 Å². The Morgan fingerprint density at radius 3 is 2.53 bits per heavy atom. The zero-order valence-corrected chi connectivity index (χ0v) is 19.1. The van der Waals surface area contributed by atoms with E-state index < -0.39 is 24.3 Å². The number of hydrogen-bond donors (Lipinski definition) is 2. The third-order valence-corrected chi connectivity index (χ3v) is 5.64. The largest absolute Gasteiger partial charge is 0.457 e. The van der Waals surface area contributed by atoms with Gasteiger partial charge in [-0.2, -0.15) is 0 Å². The van der Waals surface area contributed by atoms with Gasteiger partial charge in [0.05, 0.1) is 12.9 Å². The maximum Gasteiger partial charge on any atom is 0.338 e. The number of carbonyl (C=O) groups excluding carboxylic acids is 2. The molecule has 5 nitrogen and oxygen atoms in total. The van der Waals surface area contributed by atoms with Crippen LogP contribution in [0.4, 0.5) is 5.69 Å². The van der Waals surface area contributed by atoms with Crippen molar-refractivity contribution in [2.75, 3.05) is 11.8 Å². The number of aryl methyl sites for hydroxylation is 2. The molecule has 0 heterocycles. The summed E-state index contributed by atoms with van der Waals surface area (Å²) in [6.07, 6.45) is 0. The van der Waals surface area contributed by atoms with E-state index >= 15 is 0 Å². The number of benzene rings is 4. The van der Waals surface area contributed by atoms with Crippen LogP contribution in [0.2, 0.25) is 0 Å². The lowest BCUT2D eigenvalue weighted by Crippen LogP contribution is -2.27. The van der Waals surface area contributed by atoms with E-state index in [1.54, 1.807) is 60.7 Å². The number of anilines is 1. The molecule has 0 fully saturated rings. The van der Waals surface area contributed by atoms with Gasteiger partial charge in [-0.15, -0.1) is 0 Å². The molecule has 3 N–H and O–H groups in total. The zero-order valence-electron chi connectivity index (χ0n) is 22.1. The molecule has 0 saturated carbocycles. The van der Waals surface area contributed by atoms with Crippen molar-refractivity contribution >= 4 is 28.3 Å². The first-order valence-electron chi connectivity index (χ1n) is 12.5. The summed E-state index contributed by atoms with van der Waals surface area (Å²) in [7, 11) is 0. The number of esters is 1. The number of nitrogens with one attached hydrogen (secondary N) is 1. The molecule has 0 aromatic heterocycles. The average molecular weight is 456 g/mol. The fourth-order valence-electron chi connectivity index (χ4n) is 3.81. The summed E-state index contributed by atoms with van der Waals surface area (Å²) < 4.78 is 29.6. The summed E-state index contributed by atoms with van der Waals surface area (Å²) in [5, 5.41) is 4.29. The Hall–Kier alpha value is -3.96. The van der Waals surface area contributed by atoms with Crippen LogP contribution in [-0.4, -0.2) is 18.4 Å². The summed E-state index contributed by atoms with van der Waals surface area (Å²) in [6.45, 7) is 1.52. The van der Waals surface area contributed by atoms with Gasteiger partial charge in [-0.25, -0.2) is 4.79 Å². The van der Waals surface area contributed by atoms with E-state index in [0.29, 0.717) is 28.4 Å². The molecule has 4 aromatic carbocycles. The minimum absolute atomic E-state index is 0.0356. The Morgan fingerprint density at radius 1 is 1.00 bits per heavy atom. The SMILES string of the molecule is [2H]c1cccc2cc(NC(=O)[C@@H](c3ccc(COC(=O)c4ccc(C)cc4C)cc3)C([2H])([2H])N)ccc12. The van der Waals surface area contributed by atoms with Crippen molar-refractivity contribution in [2.45, 2.75) is 26.4 Å². The van der Waals surface area contributed by atoms with Gasteiger partial charge in [-0.3, -0.25) is 4.79 Å². The Bertz CT molecular complexity index is 1460. The average Bonchev–Trinajstić information content (AvgIpc) is 2.82. The monoisotopic (exact) mass is 455 g/mol. The second-order valence-electron chi connectivity index (χ2n) is 8.20. The van der Waals surface area contributed by atoms with E-state index in [4.69, 9.17) is 14.6 Å². The number of carbonyl (C=O) groups is 2. The lowest BCUT2D eigenvalue weighted by atomic mass is 9.97. The van der Waals surface area contributed by atoms with E-state index in [1.165, 1.54) is 0 Å². The molecule has 0 spiro atoms. The molecule has 5 heteroatoms. The van der Waals surface area contributed by atoms with Crippen LogP contribution in [0, 0.1) is 13.8 Å². The highest BCUT2D eigenvalue weighted by Crippen LogP contribution is 2.22. The fraction of sp³-hybridized carbons (Fsp3) is 0.172. The van der Waals surface area contributed by atoms with Crippen molar-refractivity contribution in [3.05, 3.63) is 113 Å². The predicted molar refractivity (Wildman–Crippen MR) is 136 cm³/mol. The quantitative estimate of drug-likeness (QED) is 0.361. The van der Waals surface area contributed by atoms with Crippen molar-refractivity contribution in [2.24, 2.45) is 5.73 Å². The number of nitrogens with two attached hydrogens (primary N) is 1. The Morgan fingerprint density at radius 2 is 1.79 bits per heavy atom. The van der Waals surface area contributed by atoms with E-state index in [2.05, 4.69) is 5.32 Å². The minimum Gasteiger partial charge on any atom is -0.457 e. The van der Waals surface area contributed by atoms with E-state index in [1.807, 2.05) is 32.0 Å². The van der Waals surface area contributed by atoms with Gasteiger partial charge < -0.3 is 15.8 Å². The normalized spacial score (nSPS) is 13.4. The smallest absolute Gasteiger partial charge is 0.338 e. The first-order chi connectivity index (χ1) is 17.5. The molecule has 4 rings (SSSR count). The first-order valence-corrected chi connectivity index (χ1v) is 11.0. The van der Waals surface area contributed by atoms with Gasteiger partial charge >= 0.3 is 5.97 Å². The lowest BCUT2D eigenvalue weighted by molar-refractivity contribution is -0.117. The molecule has 34 heavy (non-hydrogen) atoms. The molecule has 0 bridgehead atoms. The van der Waals surface area contributed by atoms with Gasteiger partial charge in [-0.1, -0.05) is 72.3 Å². The number of hydrogen-bond acceptors (Lipinski definition) is 4. The number of ether oxygens (including phenoxy) is 1. The maximum absolute atomic E-state index is 13.1. The van der Waals surface area contributed by atoms with Crippen molar-refractivity contribution in [1.29, 1.82) is 0 Å². The summed E-state index contributed by atoms with van der Waals surface area (Å²) in [4.78, 5) is 25.6. The van der Waals surface area contributed by atoms with Gasteiger partial charge in [0, 0.05) is 14.9 Å². The van der Waals surface area contributed by atoms with E-state index in [-0.39, 0.29) is 6.61 Å². The van der Waals surface area contributed by atoms with Crippen LogP contribution in [-0.2, 0) is 16.1 Å². The third kappa shape index (κ3) is 5.33. The first kappa shape index (κ1) is 19.5. The van der Waals surface area contributed by atoms with Crippen LogP contribution in [0.25, 0.3) is 10.8 Å². The number of amides is 1.